The summed E-state index contributed by atoms with van der Waals surface area (Å²) in [7, 11) is 0. The van der Waals surface area contributed by atoms with E-state index in [0.29, 0.717) is 11.6 Å². The summed E-state index contributed by atoms with van der Waals surface area (Å²) in [5.74, 6) is 4.63. The van der Waals surface area contributed by atoms with Crippen LogP contribution in [0.4, 0.5) is 0 Å². The fourth-order valence-corrected chi connectivity index (χ4v) is 18.4. The zero-order valence-corrected chi connectivity index (χ0v) is 60.7. The first-order valence-corrected chi connectivity index (χ1v) is 38.2. The molecule has 1 atom stereocenters. The molecule has 18 aromatic rings. The van der Waals surface area contributed by atoms with Crippen molar-refractivity contribution in [2.75, 3.05) is 0 Å². The molecule has 6 nitrogen and oxygen atoms in total. The number of rotatable bonds is 11. The van der Waals surface area contributed by atoms with Crippen LogP contribution in [0.1, 0.15) is 44.5 Å². The highest BCUT2D eigenvalue weighted by atomic mass is 16.5. The first-order chi connectivity index (χ1) is 55.5. The van der Waals surface area contributed by atoms with Crippen molar-refractivity contribution in [3.05, 3.63) is 445 Å². The third-order valence-corrected chi connectivity index (χ3v) is 23.3. The number of ether oxygens (including phenoxy) is 2. The molecule has 0 saturated carbocycles. The van der Waals surface area contributed by atoms with Crippen LogP contribution in [0, 0.1) is 0 Å². The average molecular weight is 1430 g/mol. The van der Waals surface area contributed by atoms with Crippen LogP contribution in [0.5, 0.6) is 23.0 Å². The van der Waals surface area contributed by atoms with E-state index < -0.39 is 10.8 Å². The first-order valence-electron chi connectivity index (χ1n) is 38.2. The van der Waals surface area contributed by atoms with Gasteiger partial charge in [-0.2, -0.15) is 0 Å². The van der Waals surface area contributed by atoms with Gasteiger partial charge in [-0.1, -0.05) is 346 Å². The second kappa shape index (κ2) is 26.0. The molecule has 16 aromatic carbocycles. The summed E-state index contributed by atoms with van der Waals surface area (Å²) in [6.07, 6.45) is 0. The largest absolute Gasteiger partial charge is 0.457 e. The summed E-state index contributed by atoms with van der Waals surface area (Å²) < 4.78 is 14.2. The highest BCUT2D eigenvalue weighted by Gasteiger charge is 2.53. The van der Waals surface area contributed by atoms with E-state index in [-0.39, 0.29) is 0 Å². The molecule has 522 valence electrons. The van der Waals surface area contributed by atoms with Crippen molar-refractivity contribution >= 4 is 0 Å². The van der Waals surface area contributed by atoms with Gasteiger partial charge in [0.15, 0.2) is 11.6 Å². The minimum atomic E-state index is -0.694. The molecule has 2 aliphatic carbocycles. The fraction of sp³-hybridized carbons (Fsp3) is 0.0189. The third-order valence-electron chi connectivity index (χ3n) is 23.3. The van der Waals surface area contributed by atoms with Crippen molar-refractivity contribution in [1.29, 1.82) is 0 Å². The van der Waals surface area contributed by atoms with E-state index in [9.17, 15) is 0 Å². The van der Waals surface area contributed by atoms with E-state index >= 15 is 0 Å². The Bertz CT molecular complexity index is 6800. The van der Waals surface area contributed by atoms with E-state index in [1.165, 1.54) is 44.5 Å². The lowest BCUT2D eigenvalue weighted by Crippen LogP contribution is -2.32. The second-order valence-corrected chi connectivity index (χ2v) is 29.3. The lowest BCUT2D eigenvalue weighted by molar-refractivity contribution is 0.436. The lowest BCUT2D eigenvalue weighted by Gasteiger charge is -2.39. The third kappa shape index (κ3) is 10.2. The normalized spacial score (nSPS) is 14.0. The predicted octanol–water partition coefficient (Wildman–Crippen LogP) is 26.5. The molecule has 0 N–H and O–H groups in total. The summed E-state index contributed by atoms with van der Waals surface area (Å²) in [5.41, 5.74) is 33.0. The minimum Gasteiger partial charge on any atom is -0.457 e. The van der Waals surface area contributed by atoms with E-state index in [2.05, 4.69) is 376 Å². The summed E-state index contributed by atoms with van der Waals surface area (Å²) >= 11 is 0. The maximum Gasteiger partial charge on any atom is 0.160 e. The van der Waals surface area contributed by atoms with Gasteiger partial charge in [0.25, 0.3) is 0 Å². The number of fused-ring (bicyclic) bond motifs is 18. The molecule has 2 aliphatic heterocycles. The maximum absolute atomic E-state index is 7.18. The van der Waals surface area contributed by atoms with Crippen molar-refractivity contribution in [3.8, 4) is 169 Å². The number of aromatic nitrogens is 4. The Labute approximate surface area is 649 Å². The van der Waals surface area contributed by atoms with Crippen molar-refractivity contribution < 1.29 is 9.47 Å². The van der Waals surface area contributed by atoms with Crippen LogP contribution in [0.15, 0.2) is 400 Å². The van der Waals surface area contributed by atoms with Gasteiger partial charge in [-0.05, 0) is 155 Å². The van der Waals surface area contributed by atoms with Crippen molar-refractivity contribution in [2.24, 2.45) is 0 Å². The van der Waals surface area contributed by atoms with Gasteiger partial charge in [-0.25, -0.2) is 19.9 Å². The molecule has 0 radical (unpaired) electrons. The smallest absolute Gasteiger partial charge is 0.160 e. The zero-order valence-electron chi connectivity index (χ0n) is 60.7. The Morgan fingerprint density at radius 3 is 0.893 bits per heavy atom. The highest BCUT2D eigenvalue weighted by Crippen LogP contribution is 2.65. The molecule has 0 saturated heterocycles. The Hall–Kier alpha value is -14.7. The summed E-state index contributed by atoms with van der Waals surface area (Å²) in [6, 6.07) is 143. The number of hydrogen-bond acceptors (Lipinski definition) is 6. The fourth-order valence-electron chi connectivity index (χ4n) is 18.4. The van der Waals surface area contributed by atoms with Crippen LogP contribution in [-0.2, 0) is 10.8 Å². The molecule has 4 heterocycles. The molecule has 4 aliphatic rings. The van der Waals surface area contributed by atoms with Crippen LogP contribution in [0.25, 0.3) is 146 Å². The van der Waals surface area contributed by atoms with Gasteiger partial charge in [0.2, 0.25) is 0 Å². The number of benzene rings is 16. The van der Waals surface area contributed by atoms with Crippen molar-refractivity contribution in [2.45, 2.75) is 10.8 Å². The molecule has 2 spiro atoms. The molecule has 0 bridgehead atoms. The molecule has 112 heavy (non-hydrogen) atoms. The summed E-state index contributed by atoms with van der Waals surface area (Å²) in [6.45, 7) is 0. The number of hydrogen-bond donors (Lipinski definition) is 0. The molecule has 0 fully saturated rings. The Morgan fingerprint density at radius 2 is 0.438 bits per heavy atom. The standard InChI is InChI=1S/C106H66N4O2/c1-4-28-67(29-5-1)77-38-10-13-44-83(77)97-66-98(110-104(109-97)69-32-8-3-9-33-69)85-46-15-12-40-79(85)75-56-59-94-102(64-75)112-100-53-25-23-51-92(100)106(94)89-49-21-18-43-82(89)86-62-73(54-57-90(86)106)71-35-26-34-70(60-71)72-36-27-37-76(61-72)95-65-96(108-103(107-95)68-30-6-2-7-31-68)84-45-14-11-39-78(84)74-55-58-93-101(63-74)111-99-52-24-22-50-91(99)105(93)87-47-19-16-41-80(87)81-42-17-20-48-88(81)105/h1-66H. The van der Waals surface area contributed by atoms with E-state index in [0.717, 1.165) is 157 Å². The van der Waals surface area contributed by atoms with Crippen molar-refractivity contribution in [1.82, 2.24) is 19.9 Å². The van der Waals surface area contributed by atoms with E-state index in [4.69, 9.17) is 29.4 Å². The molecule has 1 unspecified atom stereocenters. The topological polar surface area (TPSA) is 70.0 Å². The van der Waals surface area contributed by atoms with Crippen molar-refractivity contribution in [3.63, 3.8) is 0 Å². The van der Waals surface area contributed by atoms with E-state index in [1.54, 1.807) is 0 Å². The van der Waals surface area contributed by atoms with Crippen LogP contribution in [-0.4, -0.2) is 19.9 Å². The van der Waals surface area contributed by atoms with Gasteiger partial charge < -0.3 is 9.47 Å². The second-order valence-electron chi connectivity index (χ2n) is 29.3. The van der Waals surface area contributed by atoms with Gasteiger partial charge in [0, 0.05) is 55.6 Å². The number of para-hydroxylation sites is 2. The molecule has 22 rings (SSSR count). The lowest BCUT2D eigenvalue weighted by atomic mass is 9.66. The predicted molar refractivity (Wildman–Crippen MR) is 452 cm³/mol. The average Bonchev–Trinajstić information content (AvgIpc) is 1.50. The Morgan fingerprint density at radius 1 is 0.152 bits per heavy atom. The van der Waals surface area contributed by atoms with Gasteiger partial charge in [0.1, 0.15) is 23.0 Å². The highest BCUT2D eigenvalue weighted by molar-refractivity contribution is 5.95. The summed E-state index contributed by atoms with van der Waals surface area (Å²) in [5, 5.41) is 0. The van der Waals surface area contributed by atoms with Crippen LogP contribution < -0.4 is 9.47 Å². The first kappa shape index (κ1) is 64.5. The van der Waals surface area contributed by atoms with Gasteiger partial charge in [-0.15, -0.1) is 0 Å². The van der Waals surface area contributed by atoms with Gasteiger partial charge >= 0.3 is 0 Å². The molecular weight excluding hydrogens is 1360 g/mol. The van der Waals surface area contributed by atoms with Crippen LogP contribution >= 0.6 is 0 Å². The monoisotopic (exact) mass is 1430 g/mol. The van der Waals surface area contributed by atoms with Crippen LogP contribution in [0.2, 0.25) is 0 Å². The molecular formula is C106H66N4O2. The number of nitrogens with zero attached hydrogens (tertiary/aromatic N) is 4. The van der Waals surface area contributed by atoms with Gasteiger partial charge in [-0.3, -0.25) is 0 Å². The van der Waals surface area contributed by atoms with E-state index in [1.807, 2.05) is 24.3 Å². The molecule has 2 aromatic heterocycles. The molecule has 0 amide bonds. The SMILES string of the molecule is c1ccc(-c2nc(-c3cccc(-c4cccc(-c5ccc6c(c5)-c5ccccc5C65c6ccccc6Oc6cc(-c7ccccc7-c7cc(-c8ccccc8-c8ccccc8)nc(-c8ccccc8)n7)ccc65)c4)c3)cc(-c3ccccc3-c3ccc4c(c3)Oc3ccccc3C43c4ccccc4-c4ccccc43)n2)cc1. The van der Waals surface area contributed by atoms with Gasteiger partial charge in [0.05, 0.1) is 33.6 Å². The maximum atomic E-state index is 7.18. The Balaban J connectivity index is 0.614. The summed E-state index contributed by atoms with van der Waals surface area (Å²) in [4.78, 5) is 21.5. The Kier molecular flexibility index (Phi) is 15.0. The van der Waals surface area contributed by atoms with Crippen LogP contribution in [0.3, 0.4) is 0 Å². The zero-order chi connectivity index (χ0) is 73.9. The quantitative estimate of drug-likeness (QED) is 0.129. The molecule has 6 heteroatoms. The minimum absolute atomic E-state index is 0.561.